The third-order valence-corrected chi connectivity index (χ3v) is 3.90. The van der Waals surface area contributed by atoms with Crippen LogP contribution in [0.25, 0.3) is 0 Å². The molecule has 0 aromatic heterocycles. The summed E-state index contributed by atoms with van der Waals surface area (Å²) < 4.78 is 0. The molecule has 1 aromatic rings. The Morgan fingerprint density at radius 1 is 1.30 bits per heavy atom. The Hall–Kier alpha value is -1.84. The van der Waals surface area contributed by atoms with Crippen LogP contribution in [-0.2, 0) is 16.0 Å². The highest BCUT2D eigenvalue weighted by molar-refractivity contribution is 5.91. The van der Waals surface area contributed by atoms with Gasteiger partial charge in [-0.3, -0.25) is 9.59 Å². The number of aryl methyl sites for hydroxylation is 2. The molecule has 1 fully saturated rings. The zero-order valence-electron chi connectivity index (χ0n) is 12.4. The minimum Gasteiger partial charge on any atom is -0.352 e. The van der Waals surface area contributed by atoms with E-state index in [9.17, 15) is 9.59 Å². The number of nitrogens with one attached hydrogen (secondary N) is 1. The Morgan fingerprint density at radius 2 is 1.95 bits per heavy atom. The molecule has 0 bridgehead atoms. The Kier molecular flexibility index (Phi) is 4.12. The normalized spacial score (nSPS) is 17.8. The Morgan fingerprint density at radius 3 is 2.60 bits per heavy atom. The smallest absolute Gasteiger partial charge is 0.245 e. The minimum absolute atomic E-state index is 0.0467. The van der Waals surface area contributed by atoms with E-state index in [-0.39, 0.29) is 11.8 Å². The summed E-state index contributed by atoms with van der Waals surface area (Å²) in [6, 6.07) is 8.21. The van der Waals surface area contributed by atoms with Gasteiger partial charge in [0.2, 0.25) is 11.8 Å². The van der Waals surface area contributed by atoms with Crippen molar-refractivity contribution < 1.29 is 9.59 Å². The van der Waals surface area contributed by atoms with Crippen molar-refractivity contribution in [2.24, 2.45) is 0 Å². The number of hydrogen-bond acceptors (Lipinski definition) is 2. The molecule has 0 unspecified atom stereocenters. The van der Waals surface area contributed by atoms with Gasteiger partial charge in [-0.15, -0.1) is 0 Å². The zero-order chi connectivity index (χ0) is 14.8. The Bertz CT molecular complexity index is 506. The van der Waals surface area contributed by atoms with Crippen LogP contribution < -0.4 is 5.32 Å². The average molecular weight is 274 g/mol. The summed E-state index contributed by atoms with van der Waals surface area (Å²) in [4.78, 5) is 25.9. The third kappa shape index (κ3) is 3.00. The van der Waals surface area contributed by atoms with Crippen molar-refractivity contribution in [2.45, 2.75) is 39.2 Å². The summed E-state index contributed by atoms with van der Waals surface area (Å²) in [7, 11) is 0. The number of piperazine rings is 1. The monoisotopic (exact) mass is 274 g/mol. The number of nitrogens with zero attached hydrogens (tertiary/aromatic N) is 1. The molecule has 0 aliphatic carbocycles. The molecule has 2 rings (SSSR count). The fourth-order valence-electron chi connectivity index (χ4n) is 2.48. The molecule has 0 spiro atoms. The number of rotatable bonds is 3. The minimum atomic E-state index is -0.747. The van der Waals surface area contributed by atoms with Gasteiger partial charge in [0.1, 0.15) is 5.54 Å². The van der Waals surface area contributed by atoms with E-state index < -0.39 is 5.54 Å². The lowest BCUT2D eigenvalue weighted by Gasteiger charge is -2.41. The maximum absolute atomic E-state index is 12.3. The first kappa shape index (κ1) is 14.6. The van der Waals surface area contributed by atoms with Gasteiger partial charge in [-0.05, 0) is 32.8 Å². The highest BCUT2D eigenvalue weighted by atomic mass is 16.2. The number of hydrogen-bond donors (Lipinski definition) is 1. The van der Waals surface area contributed by atoms with E-state index in [2.05, 4.69) is 29.6 Å². The van der Waals surface area contributed by atoms with E-state index in [0.29, 0.717) is 25.9 Å². The lowest BCUT2D eigenvalue weighted by Crippen LogP contribution is -2.63. The lowest BCUT2D eigenvalue weighted by atomic mass is 9.97. The van der Waals surface area contributed by atoms with Gasteiger partial charge in [0.15, 0.2) is 0 Å². The van der Waals surface area contributed by atoms with Gasteiger partial charge in [0.05, 0.1) is 0 Å². The molecule has 1 aliphatic rings. The summed E-state index contributed by atoms with van der Waals surface area (Å²) in [6.45, 7) is 6.77. The standard InChI is InChI=1S/C16H22N2O2/c1-12-4-6-13(7-5-12)8-9-14(19)18-11-10-17-15(20)16(18,2)3/h4-7H,8-11H2,1-3H3,(H,17,20). The SMILES string of the molecule is Cc1ccc(CCC(=O)N2CCNC(=O)C2(C)C)cc1. The van der Waals surface area contributed by atoms with Crippen LogP contribution in [0.1, 0.15) is 31.4 Å². The van der Waals surface area contributed by atoms with Gasteiger partial charge >= 0.3 is 0 Å². The fraction of sp³-hybridized carbons (Fsp3) is 0.500. The van der Waals surface area contributed by atoms with Crippen molar-refractivity contribution >= 4 is 11.8 Å². The molecule has 108 valence electrons. The first-order valence-electron chi connectivity index (χ1n) is 7.05. The molecular weight excluding hydrogens is 252 g/mol. The van der Waals surface area contributed by atoms with Crippen LogP contribution in [0.5, 0.6) is 0 Å². The predicted octanol–water partition coefficient (Wildman–Crippen LogP) is 1.66. The largest absolute Gasteiger partial charge is 0.352 e. The maximum atomic E-state index is 12.3. The first-order valence-corrected chi connectivity index (χ1v) is 7.05. The Balaban J connectivity index is 1.97. The zero-order valence-corrected chi connectivity index (χ0v) is 12.4. The molecule has 4 nitrogen and oxygen atoms in total. The van der Waals surface area contributed by atoms with Crippen LogP contribution >= 0.6 is 0 Å². The molecule has 2 amide bonds. The van der Waals surface area contributed by atoms with Gasteiger partial charge in [0, 0.05) is 19.5 Å². The second kappa shape index (κ2) is 5.65. The summed E-state index contributed by atoms with van der Waals surface area (Å²) in [5.74, 6) is -0.0298. The number of amides is 2. The van der Waals surface area contributed by atoms with Crippen LogP contribution in [0.4, 0.5) is 0 Å². The van der Waals surface area contributed by atoms with Crippen LogP contribution in [0.15, 0.2) is 24.3 Å². The molecular formula is C16H22N2O2. The van der Waals surface area contributed by atoms with Gasteiger partial charge in [-0.25, -0.2) is 0 Å². The van der Waals surface area contributed by atoms with Crippen LogP contribution in [-0.4, -0.2) is 35.3 Å². The summed E-state index contributed by atoms with van der Waals surface area (Å²) >= 11 is 0. The highest BCUT2D eigenvalue weighted by Gasteiger charge is 2.39. The number of carbonyl (C=O) groups excluding carboxylic acids is 2. The second-order valence-electron chi connectivity index (χ2n) is 5.85. The molecule has 1 N–H and O–H groups in total. The van der Waals surface area contributed by atoms with Crippen molar-refractivity contribution in [3.05, 3.63) is 35.4 Å². The van der Waals surface area contributed by atoms with Crippen LogP contribution in [0, 0.1) is 6.92 Å². The molecule has 0 saturated carbocycles. The van der Waals surface area contributed by atoms with Gasteiger partial charge in [-0.2, -0.15) is 0 Å². The highest BCUT2D eigenvalue weighted by Crippen LogP contribution is 2.19. The van der Waals surface area contributed by atoms with Gasteiger partial charge < -0.3 is 10.2 Å². The van der Waals surface area contributed by atoms with E-state index in [1.165, 1.54) is 5.56 Å². The topological polar surface area (TPSA) is 49.4 Å². The van der Waals surface area contributed by atoms with Crippen LogP contribution in [0.2, 0.25) is 0 Å². The fourth-order valence-corrected chi connectivity index (χ4v) is 2.48. The Labute approximate surface area is 120 Å². The lowest BCUT2D eigenvalue weighted by molar-refractivity contribution is -0.149. The molecule has 1 saturated heterocycles. The van der Waals surface area contributed by atoms with Gasteiger partial charge in [0.25, 0.3) is 0 Å². The molecule has 1 heterocycles. The summed E-state index contributed by atoms with van der Waals surface area (Å²) in [5.41, 5.74) is 1.62. The number of benzene rings is 1. The summed E-state index contributed by atoms with van der Waals surface area (Å²) in [5, 5.41) is 2.80. The second-order valence-corrected chi connectivity index (χ2v) is 5.85. The first-order chi connectivity index (χ1) is 9.41. The van der Waals surface area contributed by atoms with Crippen molar-refractivity contribution in [1.82, 2.24) is 10.2 Å². The summed E-state index contributed by atoms with van der Waals surface area (Å²) in [6.07, 6.45) is 1.16. The van der Waals surface area contributed by atoms with E-state index >= 15 is 0 Å². The van der Waals surface area contributed by atoms with Crippen molar-refractivity contribution in [2.75, 3.05) is 13.1 Å². The van der Waals surface area contributed by atoms with Gasteiger partial charge in [-0.1, -0.05) is 29.8 Å². The maximum Gasteiger partial charge on any atom is 0.245 e. The molecule has 1 aliphatic heterocycles. The van der Waals surface area contributed by atoms with E-state index in [1.54, 1.807) is 18.7 Å². The van der Waals surface area contributed by atoms with Crippen LogP contribution in [0.3, 0.4) is 0 Å². The third-order valence-electron chi connectivity index (χ3n) is 3.90. The van der Waals surface area contributed by atoms with E-state index in [1.807, 2.05) is 6.92 Å². The quantitative estimate of drug-likeness (QED) is 0.911. The van der Waals surface area contributed by atoms with E-state index in [0.717, 1.165) is 5.56 Å². The molecule has 0 radical (unpaired) electrons. The van der Waals surface area contributed by atoms with Crippen molar-refractivity contribution in [1.29, 1.82) is 0 Å². The van der Waals surface area contributed by atoms with Crippen molar-refractivity contribution in [3.8, 4) is 0 Å². The van der Waals surface area contributed by atoms with E-state index in [4.69, 9.17) is 0 Å². The average Bonchev–Trinajstić information content (AvgIpc) is 2.41. The molecule has 4 heteroatoms. The molecule has 0 atom stereocenters. The van der Waals surface area contributed by atoms with Crippen molar-refractivity contribution in [3.63, 3.8) is 0 Å². The molecule has 1 aromatic carbocycles. The predicted molar refractivity (Wildman–Crippen MR) is 78.3 cm³/mol. The number of carbonyl (C=O) groups is 2. The molecule has 20 heavy (non-hydrogen) atoms.